The van der Waals surface area contributed by atoms with E-state index in [-0.39, 0.29) is 16.6 Å². The summed E-state index contributed by atoms with van der Waals surface area (Å²) >= 11 is 5.85. The van der Waals surface area contributed by atoms with E-state index in [0.29, 0.717) is 24.8 Å². The number of morpholine rings is 1. The van der Waals surface area contributed by atoms with Crippen molar-refractivity contribution in [3.8, 4) is 0 Å². The Balaban J connectivity index is 2.04. The van der Waals surface area contributed by atoms with Crippen LogP contribution in [-0.4, -0.2) is 52.2 Å². The van der Waals surface area contributed by atoms with Crippen LogP contribution in [0.15, 0.2) is 23.1 Å². The molecule has 1 aliphatic rings. The molecule has 1 unspecified atom stereocenters. The average Bonchev–Trinajstić information content (AvgIpc) is 2.41. The van der Waals surface area contributed by atoms with Crippen LogP contribution in [0.2, 0.25) is 5.02 Å². The second kappa shape index (κ2) is 6.93. The molecule has 0 bridgehead atoms. The highest BCUT2D eigenvalue weighted by atomic mass is 35.5. The lowest BCUT2D eigenvalue weighted by molar-refractivity contribution is 0.0354. The van der Waals surface area contributed by atoms with Gasteiger partial charge in [-0.05, 0) is 25.1 Å². The average molecular weight is 334 g/mol. The number of halogens is 1. The van der Waals surface area contributed by atoms with E-state index in [1.54, 1.807) is 6.07 Å². The van der Waals surface area contributed by atoms with E-state index >= 15 is 0 Å². The number of nitrogens with zero attached hydrogens (tertiary/aromatic N) is 1. The molecular formula is C13H20ClN3O3S. The number of nitrogen functional groups attached to an aromatic ring is 1. The van der Waals surface area contributed by atoms with Crippen molar-refractivity contribution in [1.82, 2.24) is 9.62 Å². The zero-order valence-corrected chi connectivity index (χ0v) is 13.5. The fraction of sp³-hybridized carbons (Fsp3) is 0.538. The van der Waals surface area contributed by atoms with Gasteiger partial charge in [-0.2, -0.15) is 0 Å². The molecule has 118 valence electrons. The number of rotatable bonds is 5. The Bertz CT molecular complexity index is 588. The lowest BCUT2D eigenvalue weighted by Gasteiger charge is -2.29. The molecule has 21 heavy (non-hydrogen) atoms. The van der Waals surface area contributed by atoms with Crippen LogP contribution in [0.1, 0.15) is 6.92 Å². The Morgan fingerprint density at radius 3 is 2.76 bits per heavy atom. The first kappa shape index (κ1) is 16.5. The summed E-state index contributed by atoms with van der Waals surface area (Å²) in [6, 6.07) is 4.18. The smallest absolute Gasteiger partial charge is 0.242 e. The second-order valence-corrected chi connectivity index (χ2v) is 7.24. The molecule has 3 N–H and O–H groups in total. The maximum Gasteiger partial charge on any atom is 0.242 e. The normalized spacial score (nSPS) is 18.6. The third-order valence-corrected chi connectivity index (χ3v) is 5.14. The fourth-order valence-corrected chi connectivity index (χ4v) is 3.91. The number of anilines is 1. The van der Waals surface area contributed by atoms with E-state index in [1.807, 2.05) is 6.92 Å². The van der Waals surface area contributed by atoms with Crippen LogP contribution in [0.25, 0.3) is 0 Å². The Kier molecular flexibility index (Phi) is 5.45. The zero-order chi connectivity index (χ0) is 15.5. The lowest BCUT2D eigenvalue weighted by Crippen LogP contribution is -2.46. The van der Waals surface area contributed by atoms with E-state index in [2.05, 4.69) is 9.62 Å². The molecule has 0 spiro atoms. The van der Waals surface area contributed by atoms with Crippen molar-refractivity contribution >= 4 is 27.3 Å². The second-order valence-electron chi connectivity index (χ2n) is 5.12. The van der Waals surface area contributed by atoms with Gasteiger partial charge in [0.1, 0.15) is 4.90 Å². The minimum atomic E-state index is -3.68. The zero-order valence-electron chi connectivity index (χ0n) is 11.9. The largest absolute Gasteiger partial charge is 0.398 e. The third kappa shape index (κ3) is 4.55. The van der Waals surface area contributed by atoms with Gasteiger partial charge in [0.25, 0.3) is 0 Å². The van der Waals surface area contributed by atoms with Crippen molar-refractivity contribution in [2.24, 2.45) is 0 Å². The van der Waals surface area contributed by atoms with Gasteiger partial charge < -0.3 is 10.5 Å². The van der Waals surface area contributed by atoms with E-state index < -0.39 is 10.0 Å². The standard InChI is InChI=1S/C13H20ClN3O3S/c1-10(9-17-4-6-20-7-5-17)16-21(18,19)13-8-11(14)2-3-12(13)15/h2-3,8,10,16H,4-7,9,15H2,1H3. The number of ether oxygens (including phenoxy) is 1. The molecule has 0 saturated carbocycles. The number of hydrogen-bond acceptors (Lipinski definition) is 5. The van der Waals surface area contributed by atoms with E-state index in [1.165, 1.54) is 12.1 Å². The highest BCUT2D eigenvalue weighted by Gasteiger charge is 2.22. The summed E-state index contributed by atoms with van der Waals surface area (Å²) in [5.41, 5.74) is 5.92. The molecule has 1 saturated heterocycles. The van der Waals surface area contributed by atoms with Crippen LogP contribution < -0.4 is 10.5 Å². The van der Waals surface area contributed by atoms with Crippen LogP contribution >= 0.6 is 11.6 Å². The highest BCUT2D eigenvalue weighted by Crippen LogP contribution is 2.22. The molecule has 1 aromatic rings. The number of hydrogen-bond donors (Lipinski definition) is 2. The monoisotopic (exact) mass is 333 g/mol. The highest BCUT2D eigenvalue weighted by molar-refractivity contribution is 7.89. The molecule has 0 aliphatic carbocycles. The topological polar surface area (TPSA) is 84.7 Å². The third-order valence-electron chi connectivity index (χ3n) is 3.26. The molecule has 8 heteroatoms. The first-order valence-corrected chi connectivity index (χ1v) is 8.62. The minimum Gasteiger partial charge on any atom is -0.398 e. The van der Waals surface area contributed by atoms with Crippen LogP contribution in [0.5, 0.6) is 0 Å². The predicted octanol–water partition coefficient (Wildman–Crippen LogP) is 0.921. The van der Waals surface area contributed by atoms with Crippen LogP contribution in [0.4, 0.5) is 5.69 Å². The van der Waals surface area contributed by atoms with Crippen molar-refractivity contribution < 1.29 is 13.2 Å². The molecule has 0 radical (unpaired) electrons. The summed E-state index contributed by atoms with van der Waals surface area (Å²) < 4.78 is 32.6. The van der Waals surface area contributed by atoms with Gasteiger partial charge in [0.15, 0.2) is 0 Å². The number of nitrogens with two attached hydrogens (primary N) is 1. The Labute approximate surface area is 130 Å². The Morgan fingerprint density at radius 2 is 2.10 bits per heavy atom. The molecule has 6 nitrogen and oxygen atoms in total. The first-order chi connectivity index (χ1) is 9.88. The van der Waals surface area contributed by atoms with Gasteiger partial charge in [-0.25, -0.2) is 13.1 Å². The number of nitrogens with one attached hydrogen (secondary N) is 1. The quantitative estimate of drug-likeness (QED) is 0.783. The summed E-state index contributed by atoms with van der Waals surface area (Å²) in [7, 11) is -3.68. The van der Waals surface area contributed by atoms with Gasteiger partial charge in [0.2, 0.25) is 10.0 Å². The van der Waals surface area contributed by atoms with Crippen LogP contribution in [-0.2, 0) is 14.8 Å². The maximum atomic E-state index is 12.4. The van der Waals surface area contributed by atoms with Gasteiger partial charge in [-0.15, -0.1) is 0 Å². The maximum absolute atomic E-state index is 12.4. The molecule has 1 heterocycles. The number of benzene rings is 1. The molecule has 0 amide bonds. The van der Waals surface area contributed by atoms with Crippen molar-refractivity contribution in [2.45, 2.75) is 17.9 Å². The van der Waals surface area contributed by atoms with Crippen molar-refractivity contribution in [3.05, 3.63) is 23.2 Å². The predicted molar refractivity (Wildman–Crippen MR) is 82.9 cm³/mol. The summed E-state index contributed by atoms with van der Waals surface area (Å²) in [6.07, 6.45) is 0. The number of sulfonamides is 1. The summed E-state index contributed by atoms with van der Waals surface area (Å²) in [5.74, 6) is 0. The first-order valence-electron chi connectivity index (χ1n) is 6.76. The molecule has 1 aromatic carbocycles. The lowest BCUT2D eigenvalue weighted by atomic mass is 10.3. The van der Waals surface area contributed by atoms with Crippen molar-refractivity contribution in [3.63, 3.8) is 0 Å². The van der Waals surface area contributed by atoms with Crippen molar-refractivity contribution in [2.75, 3.05) is 38.6 Å². The van der Waals surface area contributed by atoms with Crippen molar-refractivity contribution in [1.29, 1.82) is 0 Å². The Hall–Kier alpha value is -0.860. The molecule has 2 rings (SSSR count). The molecule has 1 atom stereocenters. The van der Waals surface area contributed by atoms with E-state index in [9.17, 15) is 8.42 Å². The summed E-state index contributed by atoms with van der Waals surface area (Å²) in [5, 5.41) is 0.338. The van der Waals surface area contributed by atoms with Crippen LogP contribution in [0, 0.1) is 0 Å². The van der Waals surface area contributed by atoms with Gasteiger partial charge >= 0.3 is 0 Å². The van der Waals surface area contributed by atoms with Gasteiger partial charge in [0, 0.05) is 30.7 Å². The van der Waals surface area contributed by atoms with Gasteiger partial charge in [-0.1, -0.05) is 11.6 Å². The summed E-state index contributed by atoms with van der Waals surface area (Å²) in [4.78, 5) is 2.18. The minimum absolute atomic E-state index is 0.0174. The van der Waals surface area contributed by atoms with E-state index in [0.717, 1.165) is 13.1 Å². The molecule has 1 aliphatic heterocycles. The SMILES string of the molecule is CC(CN1CCOCC1)NS(=O)(=O)c1cc(Cl)ccc1N. The summed E-state index contributed by atoms with van der Waals surface area (Å²) in [6.45, 7) is 5.44. The molecule has 1 fully saturated rings. The molecular weight excluding hydrogens is 314 g/mol. The van der Waals surface area contributed by atoms with Crippen LogP contribution in [0.3, 0.4) is 0 Å². The van der Waals surface area contributed by atoms with Gasteiger partial charge in [0.05, 0.1) is 18.9 Å². The fourth-order valence-electron chi connectivity index (χ4n) is 2.28. The van der Waals surface area contributed by atoms with Gasteiger partial charge in [-0.3, -0.25) is 4.90 Å². The Morgan fingerprint density at radius 1 is 1.43 bits per heavy atom. The molecule has 0 aromatic heterocycles. The van der Waals surface area contributed by atoms with E-state index in [4.69, 9.17) is 22.1 Å².